The van der Waals surface area contributed by atoms with E-state index in [0.717, 1.165) is 27.8 Å². The summed E-state index contributed by atoms with van der Waals surface area (Å²) in [5.41, 5.74) is 6.85. The van der Waals surface area contributed by atoms with Gasteiger partial charge in [-0.3, -0.25) is 25.2 Å². The van der Waals surface area contributed by atoms with Gasteiger partial charge in [0.05, 0.1) is 36.0 Å². The number of aliphatic hydroxyl groups excluding tert-OH is 2. The number of rotatable bonds is 21. The van der Waals surface area contributed by atoms with Crippen molar-refractivity contribution in [1.82, 2.24) is 30.6 Å². The van der Waals surface area contributed by atoms with Crippen molar-refractivity contribution in [2.24, 2.45) is 0 Å². The summed E-state index contributed by atoms with van der Waals surface area (Å²) >= 11 is 6.69. The molecule has 16 nitrogen and oxygen atoms in total. The van der Waals surface area contributed by atoms with Gasteiger partial charge in [-0.1, -0.05) is 47.1 Å². The molecule has 1 unspecified atom stereocenters. The number of hydrogen-bond donors (Lipinski definition) is 6. The van der Waals surface area contributed by atoms with Crippen LogP contribution in [0.1, 0.15) is 39.1 Å². The number of carboxylic acids is 2. The Morgan fingerprint density at radius 1 is 0.842 bits per heavy atom. The fourth-order valence-corrected chi connectivity index (χ4v) is 6.04. The number of aliphatic hydroxyl groups is 2. The van der Waals surface area contributed by atoms with Crippen LogP contribution in [0.4, 0.5) is 0 Å². The van der Waals surface area contributed by atoms with Crippen LogP contribution in [0.3, 0.4) is 0 Å². The lowest BCUT2D eigenvalue weighted by Gasteiger charge is -2.19. The highest BCUT2D eigenvalue weighted by molar-refractivity contribution is 6.32. The number of nitrogens with one attached hydrogen (secondary N) is 2. The van der Waals surface area contributed by atoms with Crippen LogP contribution in [-0.4, -0.2) is 84.2 Å². The summed E-state index contributed by atoms with van der Waals surface area (Å²) < 4.78 is 20.1. The van der Waals surface area contributed by atoms with Gasteiger partial charge >= 0.3 is 11.9 Å². The van der Waals surface area contributed by atoms with E-state index in [4.69, 9.17) is 30.9 Å². The molecule has 6 N–H and O–H groups in total. The summed E-state index contributed by atoms with van der Waals surface area (Å²) in [4.78, 5) is 26.7. The van der Waals surface area contributed by atoms with Gasteiger partial charge in [-0.2, -0.15) is 5.26 Å². The van der Waals surface area contributed by atoms with Crippen LogP contribution >= 0.6 is 11.6 Å². The number of ether oxygens (including phenoxy) is 3. The second kappa shape index (κ2) is 20.2. The minimum Gasteiger partial charge on any atom is -0.491 e. The lowest BCUT2D eigenvalue weighted by atomic mass is 9.93. The van der Waals surface area contributed by atoms with E-state index in [1.54, 1.807) is 35.3 Å². The molecule has 0 bridgehead atoms. The maximum Gasteiger partial charge on any atom is 0.323 e. The summed E-state index contributed by atoms with van der Waals surface area (Å²) in [6, 6.07) is 16.4. The number of hydrogen-bond acceptors (Lipinski definition) is 13. The Kier molecular flexibility index (Phi) is 14.9. The van der Waals surface area contributed by atoms with E-state index in [-0.39, 0.29) is 31.3 Å². The monoisotopic (exact) mass is 799 g/mol. The number of aromatic nitrogens is 4. The van der Waals surface area contributed by atoms with E-state index in [1.165, 1.54) is 6.20 Å². The molecule has 0 fully saturated rings. The van der Waals surface area contributed by atoms with Crippen molar-refractivity contribution in [3.63, 3.8) is 0 Å². The Labute approximate surface area is 333 Å². The van der Waals surface area contributed by atoms with Crippen LogP contribution in [0.2, 0.25) is 5.02 Å². The molecule has 0 saturated heterocycles. The number of pyridine rings is 1. The van der Waals surface area contributed by atoms with E-state index in [9.17, 15) is 30.2 Å². The Morgan fingerprint density at radius 3 is 2.23 bits per heavy atom. The Balaban J connectivity index is 1.27. The minimum atomic E-state index is -1.21. The van der Waals surface area contributed by atoms with E-state index in [2.05, 4.69) is 25.9 Å². The molecule has 2 heterocycles. The number of nitriles is 1. The fourth-order valence-electron chi connectivity index (χ4n) is 5.80. The van der Waals surface area contributed by atoms with Gasteiger partial charge < -0.3 is 34.6 Å². The molecule has 298 valence electrons. The molecule has 0 amide bonds. The smallest absolute Gasteiger partial charge is 0.323 e. The van der Waals surface area contributed by atoms with Gasteiger partial charge in [0.25, 0.3) is 0 Å². The standard InChI is InChI=1S/C40H42ClN7O9/c1-24-28(23-57-38-13-37(56-22-27-11-26(14-42)15-43-16-27)29(12-33(38)41)17-44-34(20-49)39(51)52)5-3-6-31(24)32-7-4-8-36(25(32)2)55-10-9-48-19-30(46-47-48)18-45-35(21-50)40(53)54/h3-8,11-13,15-16,19,34-35,44-45,49-50H,9-10,17-18,20-23H2,1-2H3,(H,51,52)(H,53,54)/t34-,35?/m0/s1. The predicted octanol–water partition coefficient (Wildman–Crippen LogP) is 3.79. The summed E-state index contributed by atoms with van der Waals surface area (Å²) in [6.07, 6.45) is 4.71. The largest absolute Gasteiger partial charge is 0.491 e. The Bertz CT molecular complexity index is 2230. The molecule has 2 aromatic heterocycles. The number of halogens is 1. The van der Waals surface area contributed by atoms with Gasteiger partial charge in [0.15, 0.2) is 0 Å². The third kappa shape index (κ3) is 11.3. The van der Waals surface area contributed by atoms with Gasteiger partial charge in [-0.25, -0.2) is 4.68 Å². The second-order valence-electron chi connectivity index (χ2n) is 12.9. The van der Waals surface area contributed by atoms with Crippen LogP contribution in [0, 0.1) is 25.2 Å². The highest BCUT2D eigenvalue weighted by Gasteiger charge is 2.20. The van der Waals surface area contributed by atoms with Crippen molar-refractivity contribution in [2.75, 3.05) is 19.8 Å². The van der Waals surface area contributed by atoms with Crippen molar-refractivity contribution in [3.05, 3.63) is 117 Å². The summed E-state index contributed by atoms with van der Waals surface area (Å²) in [7, 11) is 0. The molecule has 0 spiro atoms. The van der Waals surface area contributed by atoms with E-state index >= 15 is 0 Å². The zero-order valence-corrected chi connectivity index (χ0v) is 31.9. The molecule has 0 radical (unpaired) electrons. The number of carboxylic acid groups (broad SMARTS) is 2. The number of aliphatic carboxylic acids is 2. The normalized spacial score (nSPS) is 12.1. The van der Waals surface area contributed by atoms with Crippen LogP contribution in [0.5, 0.6) is 17.2 Å². The van der Waals surface area contributed by atoms with Crippen LogP contribution in [0.25, 0.3) is 11.1 Å². The van der Waals surface area contributed by atoms with Crippen LogP contribution in [0.15, 0.2) is 73.2 Å². The molecule has 5 aromatic rings. The summed E-state index contributed by atoms with van der Waals surface area (Å²) in [5, 5.41) is 60.4. The Hall–Kier alpha value is -6.09. The number of benzene rings is 3. The fraction of sp³-hybridized carbons (Fsp3) is 0.300. The second-order valence-corrected chi connectivity index (χ2v) is 13.3. The molecule has 0 aliphatic rings. The van der Waals surface area contributed by atoms with E-state index in [1.807, 2.05) is 56.3 Å². The lowest BCUT2D eigenvalue weighted by molar-refractivity contribution is -0.141. The van der Waals surface area contributed by atoms with E-state index < -0.39 is 37.2 Å². The van der Waals surface area contributed by atoms with Gasteiger partial charge in [-0.05, 0) is 59.9 Å². The first-order valence-corrected chi connectivity index (χ1v) is 18.1. The zero-order chi connectivity index (χ0) is 40.9. The summed E-state index contributed by atoms with van der Waals surface area (Å²) in [5.74, 6) is -0.977. The van der Waals surface area contributed by atoms with Crippen LogP contribution in [-0.2, 0) is 42.4 Å². The molecule has 3 aromatic carbocycles. The Morgan fingerprint density at radius 2 is 1.53 bits per heavy atom. The third-order valence-corrected chi connectivity index (χ3v) is 9.33. The van der Waals surface area contributed by atoms with E-state index in [0.29, 0.717) is 52.8 Å². The molecule has 0 aliphatic heterocycles. The molecule has 0 saturated carbocycles. The molecule has 0 aliphatic carbocycles. The molecular formula is C40H42ClN7O9. The molecule has 57 heavy (non-hydrogen) atoms. The van der Waals surface area contributed by atoms with Gasteiger partial charge in [-0.15, -0.1) is 5.10 Å². The summed E-state index contributed by atoms with van der Waals surface area (Å²) in [6.45, 7) is 3.91. The zero-order valence-electron chi connectivity index (χ0n) is 31.2. The molecule has 2 atom stereocenters. The average Bonchev–Trinajstić information content (AvgIpc) is 3.66. The third-order valence-electron chi connectivity index (χ3n) is 9.03. The first-order valence-electron chi connectivity index (χ1n) is 17.8. The molecule has 17 heteroatoms. The first-order chi connectivity index (χ1) is 27.5. The van der Waals surface area contributed by atoms with Gasteiger partial charge in [0.1, 0.15) is 55.2 Å². The predicted molar refractivity (Wildman–Crippen MR) is 207 cm³/mol. The SMILES string of the molecule is Cc1c(COc2cc(OCc3cncc(C#N)c3)c(CN[C@@H](CO)C(=O)O)cc2Cl)cccc1-c1cccc(OCCn2cc(CNC(CO)C(=O)O)nn2)c1C. The van der Waals surface area contributed by atoms with Crippen LogP contribution < -0.4 is 24.8 Å². The maximum absolute atomic E-state index is 11.5. The van der Waals surface area contributed by atoms with Crippen molar-refractivity contribution in [1.29, 1.82) is 5.26 Å². The maximum atomic E-state index is 11.5. The highest BCUT2D eigenvalue weighted by atomic mass is 35.5. The van der Waals surface area contributed by atoms with Gasteiger partial charge in [0.2, 0.25) is 0 Å². The number of nitrogens with zero attached hydrogens (tertiary/aromatic N) is 5. The number of carbonyl (C=O) groups is 2. The molecular weight excluding hydrogens is 758 g/mol. The van der Waals surface area contributed by atoms with Crippen molar-refractivity contribution in [3.8, 4) is 34.4 Å². The lowest BCUT2D eigenvalue weighted by Crippen LogP contribution is -2.39. The van der Waals surface area contributed by atoms with Crippen molar-refractivity contribution < 1.29 is 44.2 Å². The highest BCUT2D eigenvalue weighted by Crippen LogP contribution is 2.36. The van der Waals surface area contributed by atoms with Crippen molar-refractivity contribution >= 4 is 23.5 Å². The average molecular weight is 800 g/mol. The topological polar surface area (TPSA) is 234 Å². The van der Waals surface area contributed by atoms with Gasteiger partial charge in [0, 0.05) is 48.9 Å². The first kappa shape index (κ1) is 42.1. The van der Waals surface area contributed by atoms with Crippen molar-refractivity contribution in [2.45, 2.75) is 58.8 Å². The molecule has 5 rings (SSSR count). The quantitative estimate of drug-likeness (QED) is 0.0620. The minimum absolute atomic E-state index is 0.0222.